The van der Waals surface area contributed by atoms with E-state index < -0.39 is 23.1 Å². The summed E-state index contributed by atoms with van der Waals surface area (Å²) in [6.07, 6.45) is 1.09. The minimum Gasteiger partial charge on any atom is -0.458 e. The number of hydrogen-bond donors (Lipinski definition) is 0. The minimum absolute atomic E-state index is 0.239. The lowest BCUT2D eigenvalue weighted by atomic mass is 10.1. The van der Waals surface area contributed by atoms with Crippen LogP contribution in [-0.2, 0) is 0 Å². The van der Waals surface area contributed by atoms with E-state index in [-0.39, 0.29) is 18.7 Å². The molecule has 7 heteroatoms. The Kier molecular flexibility index (Phi) is 4.92. The molecule has 2 heterocycles. The molecule has 25 heavy (non-hydrogen) atoms. The highest BCUT2D eigenvalue weighted by Gasteiger charge is 2.29. The van der Waals surface area contributed by atoms with Crippen LogP contribution in [0.3, 0.4) is 0 Å². The molecule has 1 aliphatic heterocycles. The van der Waals surface area contributed by atoms with Crippen LogP contribution in [-0.4, -0.2) is 40.0 Å². The molecule has 0 N–H and O–H groups in total. The number of carbonyl (C=O) groups excluding carboxylic acids is 1. The fourth-order valence-electron chi connectivity index (χ4n) is 2.97. The summed E-state index contributed by atoms with van der Waals surface area (Å²) in [6.45, 7) is 4.36. The Morgan fingerprint density at radius 1 is 1.20 bits per heavy atom. The van der Waals surface area contributed by atoms with Crippen molar-refractivity contribution in [1.29, 1.82) is 0 Å². The van der Waals surface area contributed by atoms with E-state index in [4.69, 9.17) is 4.74 Å². The number of halogens is 2. The number of carbonyl (C=O) groups is 1. The minimum atomic E-state index is -0.856. The monoisotopic (exact) mass is 347 g/mol. The van der Waals surface area contributed by atoms with Crippen LogP contribution in [0.2, 0.25) is 0 Å². The molecule has 1 aliphatic rings. The first-order chi connectivity index (χ1) is 11.9. The van der Waals surface area contributed by atoms with Crippen LogP contribution in [0.25, 0.3) is 0 Å². The Morgan fingerprint density at radius 3 is 2.48 bits per heavy atom. The lowest BCUT2D eigenvalue weighted by Gasteiger charge is -2.32. The Bertz CT molecular complexity index is 757. The summed E-state index contributed by atoms with van der Waals surface area (Å²) in [5, 5.41) is 0. The average Bonchev–Trinajstić information content (AvgIpc) is 2.54. The highest BCUT2D eigenvalue weighted by Crippen LogP contribution is 2.20. The first kappa shape index (κ1) is 17.3. The lowest BCUT2D eigenvalue weighted by molar-refractivity contribution is 0.0506. The molecule has 0 spiro atoms. The summed E-state index contributed by atoms with van der Waals surface area (Å²) in [5.41, 5.74) is 1.06. The maximum Gasteiger partial charge on any atom is 0.317 e. The zero-order chi connectivity index (χ0) is 18.0. The molecule has 1 amide bonds. The van der Waals surface area contributed by atoms with E-state index in [1.54, 1.807) is 0 Å². The molecule has 1 aromatic carbocycles. The van der Waals surface area contributed by atoms with Crippen molar-refractivity contribution in [1.82, 2.24) is 14.9 Å². The van der Waals surface area contributed by atoms with E-state index in [9.17, 15) is 13.6 Å². The van der Waals surface area contributed by atoms with Gasteiger partial charge in [-0.05, 0) is 44.9 Å². The second-order valence-corrected chi connectivity index (χ2v) is 6.16. The first-order valence-electron chi connectivity index (χ1n) is 8.16. The number of benzene rings is 1. The van der Waals surface area contributed by atoms with Gasteiger partial charge in [0.15, 0.2) is 0 Å². The van der Waals surface area contributed by atoms with Crippen molar-refractivity contribution < 1.29 is 18.3 Å². The standard InChI is InChI=1S/C18H19F2N3O2/c1-11-9-12(2)22-18(21-11)25-13-5-4-8-23(10-13)17(24)16-14(19)6-3-7-15(16)20/h3,6-7,9,13H,4-5,8,10H2,1-2H3/t13-/m0/s1. The molecule has 0 radical (unpaired) electrons. The number of aryl methyl sites for hydroxylation is 2. The van der Waals surface area contributed by atoms with Crippen molar-refractivity contribution >= 4 is 5.91 Å². The summed E-state index contributed by atoms with van der Waals surface area (Å²) in [7, 11) is 0. The number of aromatic nitrogens is 2. The molecule has 5 nitrogen and oxygen atoms in total. The molecule has 1 fully saturated rings. The van der Waals surface area contributed by atoms with Gasteiger partial charge in [0, 0.05) is 17.9 Å². The molecule has 1 saturated heterocycles. The van der Waals surface area contributed by atoms with Crippen LogP contribution in [0.1, 0.15) is 34.6 Å². The Hall–Kier alpha value is -2.57. The van der Waals surface area contributed by atoms with Crippen LogP contribution < -0.4 is 4.74 Å². The summed E-state index contributed by atoms with van der Waals surface area (Å²) in [4.78, 5) is 22.4. The molecule has 132 valence electrons. The van der Waals surface area contributed by atoms with E-state index in [0.717, 1.165) is 29.9 Å². The van der Waals surface area contributed by atoms with Gasteiger partial charge in [0.05, 0.1) is 6.54 Å². The van der Waals surface area contributed by atoms with Crippen LogP contribution in [0.4, 0.5) is 8.78 Å². The Morgan fingerprint density at radius 2 is 1.84 bits per heavy atom. The zero-order valence-electron chi connectivity index (χ0n) is 14.1. The van der Waals surface area contributed by atoms with E-state index in [2.05, 4.69) is 9.97 Å². The largest absolute Gasteiger partial charge is 0.458 e. The molecule has 0 aliphatic carbocycles. The third-order valence-corrected chi connectivity index (χ3v) is 4.08. The molecule has 0 saturated carbocycles. The predicted molar refractivity (Wildman–Crippen MR) is 87.4 cm³/mol. The molecule has 0 unspecified atom stereocenters. The quantitative estimate of drug-likeness (QED) is 0.856. The maximum atomic E-state index is 13.8. The van der Waals surface area contributed by atoms with Crippen molar-refractivity contribution in [2.75, 3.05) is 13.1 Å². The molecular formula is C18H19F2N3O2. The van der Waals surface area contributed by atoms with Gasteiger partial charge in [-0.3, -0.25) is 4.79 Å². The third kappa shape index (κ3) is 3.92. The van der Waals surface area contributed by atoms with Gasteiger partial charge < -0.3 is 9.64 Å². The highest BCUT2D eigenvalue weighted by atomic mass is 19.1. The van der Waals surface area contributed by atoms with Crippen LogP contribution in [0, 0.1) is 25.5 Å². The van der Waals surface area contributed by atoms with E-state index in [1.807, 2.05) is 19.9 Å². The normalized spacial score (nSPS) is 17.4. The molecule has 1 aromatic heterocycles. The van der Waals surface area contributed by atoms with Crippen LogP contribution in [0.15, 0.2) is 24.3 Å². The fraction of sp³-hybridized carbons (Fsp3) is 0.389. The van der Waals surface area contributed by atoms with Gasteiger partial charge in [-0.15, -0.1) is 0 Å². The topological polar surface area (TPSA) is 55.3 Å². The number of ether oxygens (including phenoxy) is 1. The molecular weight excluding hydrogens is 328 g/mol. The third-order valence-electron chi connectivity index (χ3n) is 4.08. The first-order valence-corrected chi connectivity index (χ1v) is 8.16. The van der Waals surface area contributed by atoms with E-state index >= 15 is 0 Å². The number of likely N-dealkylation sites (tertiary alicyclic amines) is 1. The lowest BCUT2D eigenvalue weighted by Crippen LogP contribution is -2.45. The van der Waals surface area contributed by atoms with Crippen LogP contribution in [0.5, 0.6) is 6.01 Å². The number of piperidine rings is 1. The van der Waals surface area contributed by atoms with Gasteiger partial charge in [-0.2, -0.15) is 0 Å². The van der Waals surface area contributed by atoms with Gasteiger partial charge in [0.2, 0.25) is 0 Å². The van der Waals surface area contributed by atoms with Crippen molar-refractivity contribution in [3.8, 4) is 6.01 Å². The van der Waals surface area contributed by atoms with Gasteiger partial charge in [-0.25, -0.2) is 18.7 Å². The van der Waals surface area contributed by atoms with Crippen molar-refractivity contribution in [3.63, 3.8) is 0 Å². The second-order valence-electron chi connectivity index (χ2n) is 6.16. The number of rotatable bonds is 3. The summed E-state index contributed by atoms with van der Waals surface area (Å²) in [5.74, 6) is -2.37. The second kappa shape index (κ2) is 7.13. The number of hydrogen-bond acceptors (Lipinski definition) is 4. The maximum absolute atomic E-state index is 13.8. The van der Waals surface area contributed by atoms with E-state index in [0.29, 0.717) is 13.0 Å². The highest BCUT2D eigenvalue weighted by molar-refractivity contribution is 5.94. The fourth-order valence-corrected chi connectivity index (χ4v) is 2.97. The van der Waals surface area contributed by atoms with Gasteiger partial charge in [0.1, 0.15) is 23.3 Å². The number of amides is 1. The number of nitrogens with zero attached hydrogens (tertiary/aromatic N) is 3. The molecule has 1 atom stereocenters. The van der Waals surface area contributed by atoms with Crippen molar-refractivity contribution in [2.45, 2.75) is 32.8 Å². The Balaban J connectivity index is 1.73. The Labute approximate surface area is 144 Å². The molecule has 0 bridgehead atoms. The predicted octanol–water partition coefficient (Wildman–Crippen LogP) is 3.06. The SMILES string of the molecule is Cc1cc(C)nc(O[C@H]2CCCN(C(=O)c3c(F)cccc3F)C2)n1. The molecule has 2 aromatic rings. The smallest absolute Gasteiger partial charge is 0.317 e. The molecule has 3 rings (SSSR count). The summed E-state index contributed by atoms with van der Waals surface area (Å²) < 4.78 is 33.5. The summed E-state index contributed by atoms with van der Waals surface area (Å²) >= 11 is 0. The van der Waals surface area contributed by atoms with Gasteiger partial charge in [0.25, 0.3) is 5.91 Å². The van der Waals surface area contributed by atoms with Gasteiger partial charge >= 0.3 is 6.01 Å². The summed E-state index contributed by atoms with van der Waals surface area (Å²) in [6, 6.07) is 5.50. The van der Waals surface area contributed by atoms with Crippen molar-refractivity contribution in [2.24, 2.45) is 0 Å². The van der Waals surface area contributed by atoms with Gasteiger partial charge in [-0.1, -0.05) is 6.07 Å². The average molecular weight is 347 g/mol. The zero-order valence-corrected chi connectivity index (χ0v) is 14.1. The van der Waals surface area contributed by atoms with Crippen molar-refractivity contribution in [3.05, 3.63) is 52.9 Å². The van der Waals surface area contributed by atoms with E-state index in [1.165, 1.54) is 11.0 Å². The van der Waals surface area contributed by atoms with Crippen LogP contribution >= 0.6 is 0 Å².